The van der Waals surface area contributed by atoms with E-state index in [-0.39, 0.29) is 23.6 Å². The van der Waals surface area contributed by atoms with Crippen molar-refractivity contribution in [2.24, 2.45) is 0 Å². The number of hydrogen-bond acceptors (Lipinski definition) is 4. The number of aryl methyl sites for hydroxylation is 3. The maximum atomic E-state index is 12.5. The van der Waals surface area contributed by atoms with Gasteiger partial charge in [0, 0.05) is 23.5 Å². The molecule has 3 N–H and O–H groups in total. The molecule has 0 aliphatic rings. The molecule has 0 atom stereocenters. The summed E-state index contributed by atoms with van der Waals surface area (Å²) < 4.78 is 1.23. The highest BCUT2D eigenvalue weighted by Gasteiger charge is 2.15. The normalized spacial score (nSPS) is 11.3. The van der Waals surface area contributed by atoms with Crippen molar-refractivity contribution in [1.29, 1.82) is 0 Å². The van der Waals surface area contributed by atoms with Gasteiger partial charge in [-0.15, -0.1) is 0 Å². The van der Waals surface area contributed by atoms with Crippen LogP contribution in [0.15, 0.2) is 35.3 Å². The molecule has 4 aromatic rings. The first-order valence-electron chi connectivity index (χ1n) is 8.34. The number of amides is 1. The van der Waals surface area contributed by atoms with Crippen LogP contribution in [0.4, 0.5) is 5.69 Å². The predicted molar refractivity (Wildman–Crippen MR) is 98.3 cm³/mol. The van der Waals surface area contributed by atoms with Crippen molar-refractivity contribution in [3.05, 3.63) is 57.9 Å². The molecule has 8 nitrogen and oxygen atoms in total. The minimum atomic E-state index is -0.367. The zero-order chi connectivity index (χ0) is 18.3. The molecule has 0 spiro atoms. The lowest BCUT2D eigenvalue weighted by Crippen LogP contribution is -2.25. The molecule has 8 heteroatoms. The average molecular weight is 350 g/mol. The van der Waals surface area contributed by atoms with Crippen molar-refractivity contribution in [3.63, 3.8) is 0 Å². The second-order valence-corrected chi connectivity index (χ2v) is 6.23. The summed E-state index contributed by atoms with van der Waals surface area (Å²) in [5.74, 6) is 0.645. The number of nitrogens with one attached hydrogen (secondary N) is 3. The number of anilines is 1. The van der Waals surface area contributed by atoms with E-state index in [4.69, 9.17) is 0 Å². The van der Waals surface area contributed by atoms with E-state index in [1.54, 1.807) is 13.8 Å². The molecule has 26 heavy (non-hydrogen) atoms. The molecule has 1 amide bonds. The van der Waals surface area contributed by atoms with Gasteiger partial charge in [0.15, 0.2) is 0 Å². The lowest BCUT2D eigenvalue weighted by molar-refractivity contribution is -0.116. The second-order valence-electron chi connectivity index (χ2n) is 6.23. The zero-order valence-electron chi connectivity index (χ0n) is 14.5. The fourth-order valence-corrected chi connectivity index (χ4v) is 3.06. The third-order valence-corrected chi connectivity index (χ3v) is 4.35. The van der Waals surface area contributed by atoms with E-state index in [0.717, 1.165) is 16.5 Å². The molecule has 0 aliphatic heterocycles. The van der Waals surface area contributed by atoms with Crippen LogP contribution >= 0.6 is 0 Å². The molecule has 132 valence electrons. The van der Waals surface area contributed by atoms with Crippen molar-refractivity contribution in [2.75, 3.05) is 5.32 Å². The molecule has 3 aromatic heterocycles. The number of aromatic amines is 2. The smallest absolute Gasteiger partial charge is 0.298 e. The molecule has 0 saturated carbocycles. The summed E-state index contributed by atoms with van der Waals surface area (Å²) in [6, 6.07) is 7.95. The summed E-state index contributed by atoms with van der Waals surface area (Å²) in [7, 11) is 0. The number of H-pyrrole nitrogens is 2. The molecule has 0 saturated heterocycles. The first-order valence-corrected chi connectivity index (χ1v) is 8.34. The molecule has 1 aromatic carbocycles. The van der Waals surface area contributed by atoms with Crippen LogP contribution in [0.3, 0.4) is 0 Å². The van der Waals surface area contributed by atoms with Gasteiger partial charge >= 0.3 is 0 Å². The van der Waals surface area contributed by atoms with Crippen LogP contribution in [-0.4, -0.2) is 30.5 Å². The Morgan fingerprint density at radius 3 is 2.88 bits per heavy atom. The van der Waals surface area contributed by atoms with Crippen LogP contribution in [-0.2, 0) is 11.2 Å². The van der Waals surface area contributed by atoms with E-state index in [9.17, 15) is 9.59 Å². The van der Waals surface area contributed by atoms with Crippen molar-refractivity contribution in [2.45, 2.75) is 26.7 Å². The van der Waals surface area contributed by atoms with Crippen LogP contribution < -0.4 is 10.9 Å². The van der Waals surface area contributed by atoms with E-state index in [0.29, 0.717) is 23.7 Å². The molecular formula is C18H18N6O2. The van der Waals surface area contributed by atoms with Gasteiger partial charge in [-0.25, -0.2) is 4.98 Å². The first-order chi connectivity index (χ1) is 12.5. The number of hydrogen-bond donors (Lipinski definition) is 3. The van der Waals surface area contributed by atoms with Crippen molar-refractivity contribution in [1.82, 2.24) is 24.6 Å². The monoisotopic (exact) mass is 350 g/mol. The highest BCUT2D eigenvalue weighted by molar-refractivity contribution is 5.92. The Kier molecular flexibility index (Phi) is 3.80. The SMILES string of the molecule is Cc1nc2nc(C)c(NC(=O)CCc3c[nH]c4ccccc34)c(=O)n2[nH]1. The summed E-state index contributed by atoms with van der Waals surface area (Å²) in [5, 5.41) is 6.62. The number of aromatic nitrogens is 5. The lowest BCUT2D eigenvalue weighted by Gasteiger charge is -2.07. The summed E-state index contributed by atoms with van der Waals surface area (Å²) in [4.78, 5) is 36.5. The Morgan fingerprint density at radius 1 is 1.23 bits per heavy atom. The minimum Gasteiger partial charge on any atom is -0.361 e. The van der Waals surface area contributed by atoms with Gasteiger partial charge in [0.1, 0.15) is 11.5 Å². The van der Waals surface area contributed by atoms with Gasteiger partial charge in [0.2, 0.25) is 5.91 Å². The molecule has 0 aliphatic carbocycles. The summed E-state index contributed by atoms with van der Waals surface area (Å²) in [5.41, 5.74) is 2.37. The standard InChI is InChI=1S/C18H18N6O2/c1-10-16(17(26)24-18(20-10)21-11(2)23-24)22-15(25)8-7-12-9-19-14-6-4-3-5-13(12)14/h3-6,9,19H,7-8H2,1-2H3,(H,22,25)(H,20,21,23). The first kappa shape index (κ1) is 16.1. The number of rotatable bonds is 4. The lowest BCUT2D eigenvalue weighted by atomic mass is 10.1. The highest BCUT2D eigenvalue weighted by Crippen LogP contribution is 2.19. The summed E-state index contributed by atoms with van der Waals surface area (Å²) >= 11 is 0. The van der Waals surface area contributed by atoms with Gasteiger partial charge in [-0.05, 0) is 31.9 Å². The Labute approximate surface area is 148 Å². The number of benzene rings is 1. The number of carbonyl (C=O) groups excluding carboxylic acids is 1. The van der Waals surface area contributed by atoms with Crippen LogP contribution in [0, 0.1) is 13.8 Å². The molecular weight excluding hydrogens is 332 g/mol. The highest BCUT2D eigenvalue weighted by atomic mass is 16.2. The zero-order valence-corrected chi connectivity index (χ0v) is 14.5. The Hall–Kier alpha value is -3.42. The van der Waals surface area contributed by atoms with Gasteiger partial charge in [-0.1, -0.05) is 18.2 Å². The maximum Gasteiger partial charge on any atom is 0.298 e. The van der Waals surface area contributed by atoms with E-state index in [2.05, 4.69) is 25.4 Å². The van der Waals surface area contributed by atoms with Crippen molar-refractivity contribution >= 4 is 28.3 Å². The van der Waals surface area contributed by atoms with Gasteiger partial charge < -0.3 is 10.3 Å². The fraction of sp³-hybridized carbons (Fsp3) is 0.222. The van der Waals surface area contributed by atoms with Gasteiger partial charge in [-0.3, -0.25) is 14.7 Å². The molecule has 3 heterocycles. The van der Waals surface area contributed by atoms with Crippen LogP contribution in [0.2, 0.25) is 0 Å². The van der Waals surface area contributed by atoms with Gasteiger partial charge in [-0.2, -0.15) is 9.50 Å². The van der Waals surface area contributed by atoms with E-state index in [1.165, 1.54) is 4.52 Å². The predicted octanol–water partition coefficient (Wildman–Crippen LogP) is 2.09. The largest absolute Gasteiger partial charge is 0.361 e. The molecule has 0 fully saturated rings. The van der Waals surface area contributed by atoms with Gasteiger partial charge in [0.25, 0.3) is 11.3 Å². The van der Waals surface area contributed by atoms with Gasteiger partial charge in [0.05, 0.1) is 5.69 Å². The third kappa shape index (κ3) is 2.75. The number of nitrogens with zero attached hydrogens (tertiary/aromatic N) is 3. The molecule has 4 rings (SSSR count). The fourth-order valence-electron chi connectivity index (χ4n) is 3.06. The van der Waals surface area contributed by atoms with E-state index < -0.39 is 0 Å². The third-order valence-electron chi connectivity index (χ3n) is 4.35. The van der Waals surface area contributed by atoms with Crippen molar-refractivity contribution in [3.8, 4) is 0 Å². The summed E-state index contributed by atoms with van der Waals surface area (Å²) in [6.45, 7) is 3.42. The quantitative estimate of drug-likeness (QED) is 0.524. The maximum absolute atomic E-state index is 12.5. The topological polar surface area (TPSA) is 108 Å². The Balaban J connectivity index is 1.53. The van der Waals surface area contributed by atoms with Crippen LogP contribution in [0.1, 0.15) is 23.5 Å². The molecule has 0 unspecified atom stereocenters. The van der Waals surface area contributed by atoms with E-state index in [1.807, 2.05) is 30.5 Å². The Bertz CT molecular complexity index is 1180. The van der Waals surface area contributed by atoms with Crippen molar-refractivity contribution < 1.29 is 4.79 Å². The van der Waals surface area contributed by atoms with Crippen LogP contribution in [0.25, 0.3) is 16.7 Å². The van der Waals surface area contributed by atoms with Crippen LogP contribution in [0.5, 0.6) is 0 Å². The number of carbonyl (C=O) groups is 1. The molecule has 0 bridgehead atoms. The second kappa shape index (κ2) is 6.14. The minimum absolute atomic E-state index is 0.176. The summed E-state index contributed by atoms with van der Waals surface area (Å²) in [6.07, 6.45) is 2.76. The average Bonchev–Trinajstić information content (AvgIpc) is 3.20. The van der Waals surface area contributed by atoms with E-state index >= 15 is 0 Å². The number of para-hydroxylation sites is 1. The molecule has 0 radical (unpaired) electrons. The number of fused-ring (bicyclic) bond motifs is 2. The Morgan fingerprint density at radius 2 is 2.04 bits per heavy atom.